The third kappa shape index (κ3) is 7.77. The predicted molar refractivity (Wildman–Crippen MR) is 129 cm³/mol. The van der Waals surface area contributed by atoms with Crippen molar-refractivity contribution in [1.82, 2.24) is 20.9 Å². The largest absolute Gasteiger partial charge is 0.480 e. The first-order valence-electron chi connectivity index (χ1n) is 12.4. The molecule has 2 saturated heterocycles. The molecule has 0 unspecified atom stereocenters. The van der Waals surface area contributed by atoms with Crippen LogP contribution in [0.3, 0.4) is 0 Å². The molecule has 1 aromatic carbocycles. The van der Waals surface area contributed by atoms with Gasteiger partial charge in [0.25, 0.3) is 5.91 Å². The molecule has 11 heteroatoms. The monoisotopic (exact) mass is 502 g/mol. The van der Waals surface area contributed by atoms with E-state index in [1.165, 1.54) is 24.3 Å². The van der Waals surface area contributed by atoms with Gasteiger partial charge in [-0.1, -0.05) is 0 Å². The van der Waals surface area contributed by atoms with Crippen LogP contribution in [0.5, 0.6) is 0 Å². The van der Waals surface area contributed by atoms with Crippen molar-refractivity contribution in [3.63, 3.8) is 0 Å². The minimum atomic E-state index is -1.37. The molecule has 0 bridgehead atoms. The van der Waals surface area contributed by atoms with Gasteiger partial charge in [-0.2, -0.15) is 0 Å². The number of hydrogen-bond acceptors (Lipinski definition) is 6. The number of piperidine rings is 2. The summed E-state index contributed by atoms with van der Waals surface area (Å²) in [7, 11) is 0. The number of rotatable bonds is 10. The van der Waals surface area contributed by atoms with Crippen molar-refractivity contribution >= 4 is 29.7 Å². The van der Waals surface area contributed by atoms with Crippen molar-refractivity contribution in [2.75, 3.05) is 32.7 Å². The first-order chi connectivity index (χ1) is 17.2. The topological polar surface area (TPSA) is 165 Å². The van der Waals surface area contributed by atoms with Crippen LogP contribution in [0.2, 0.25) is 0 Å². The maximum Gasteiger partial charge on any atom is 0.335 e. The third-order valence-electron chi connectivity index (χ3n) is 6.85. The quantitative estimate of drug-likeness (QED) is 0.312. The summed E-state index contributed by atoms with van der Waals surface area (Å²) in [6, 6.07) is 3.70. The van der Waals surface area contributed by atoms with Crippen LogP contribution in [0.1, 0.15) is 59.2 Å². The van der Waals surface area contributed by atoms with Gasteiger partial charge in [0.05, 0.1) is 11.5 Å². The van der Waals surface area contributed by atoms with E-state index < -0.39 is 29.8 Å². The Balaban J connectivity index is 1.47. The summed E-state index contributed by atoms with van der Waals surface area (Å²) >= 11 is 0. The number of aromatic carboxylic acids is 1. The van der Waals surface area contributed by atoms with Crippen LogP contribution in [0.15, 0.2) is 24.3 Å². The van der Waals surface area contributed by atoms with Gasteiger partial charge in [-0.05, 0) is 75.4 Å². The van der Waals surface area contributed by atoms with E-state index in [9.17, 15) is 29.1 Å². The van der Waals surface area contributed by atoms with Gasteiger partial charge in [-0.3, -0.25) is 14.4 Å². The van der Waals surface area contributed by atoms with E-state index in [4.69, 9.17) is 5.11 Å². The van der Waals surface area contributed by atoms with Crippen LogP contribution in [0, 0.1) is 11.8 Å². The number of amides is 3. The lowest BCUT2D eigenvalue weighted by Gasteiger charge is -2.33. The number of hydrogen-bond donors (Lipinski definition) is 5. The van der Waals surface area contributed by atoms with Crippen molar-refractivity contribution in [3.8, 4) is 0 Å². The fourth-order valence-electron chi connectivity index (χ4n) is 4.63. The molecule has 2 aliphatic rings. The van der Waals surface area contributed by atoms with Gasteiger partial charge in [-0.15, -0.1) is 0 Å². The van der Waals surface area contributed by atoms with Gasteiger partial charge in [-0.25, -0.2) is 9.59 Å². The number of benzene rings is 1. The van der Waals surface area contributed by atoms with Crippen LogP contribution in [0.25, 0.3) is 0 Å². The summed E-state index contributed by atoms with van der Waals surface area (Å²) in [6.45, 7) is 2.58. The van der Waals surface area contributed by atoms with E-state index in [2.05, 4.69) is 16.0 Å². The lowest BCUT2D eigenvalue weighted by atomic mass is 9.92. The molecule has 0 spiro atoms. The second-order valence-electron chi connectivity index (χ2n) is 9.40. The van der Waals surface area contributed by atoms with Gasteiger partial charge < -0.3 is 31.1 Å². The molecule has 36 heavy (non-hydrogen) atoms. The van der Waals surface area contributed by atoms with E-state index >= 15 is 0 Å². The number of aliphatic carboxylic acids is 1. The van der Waals surface area contributed by atoms with Crippen LogP contribution in [0.4, 0.5) is 0 Å². The number of likely N-dealkylation sites (tertiary alicyclic amines) is 1. The van der Waals surface area contributed by atoms with Crippen molar-refractivity contribution in [1.29, 1.82) is 0 Å². The molecule has 0 aromatic heterocycles. The molecule has 0 radical (unpaired) electrons. The van der Waals surface area contributed by atoms with Crippen molar-refractivity contribution < 1.29 is 34.2 Å². The molecule has 196 valence electrons. The Morgan fingerprint density at radius 3 is 2.31 bits per heavy atom. The van der Waals surface area contributed by atoms with Crippen LogP contribution in [-0.4, -0.2) is 83.5 Å². The fourth-order valence-corrected chi connectivity index (χ4v) is 4.63. The first-order valence-corrected chi connectivity index (χ1v) is 12.4. The lowest BCUT2D eigenvalue weighted by Crippen LogP contribution is -2.51. The second-order valence-corrected chi connectivity index (χ2v) is 9.40. The summed E-state index contributed by atoms with van der Waals surface area (Å²) in [6.07, 6.45) is 4.78. The SMILES string of the molecule is O=C(O)c1ccc(C(=O)N[C@H](CNC(=O)[C@@H]2CCCN(C(=O)CCC3CCNCC3)C2)C(=O)O)cc1. The number of carbonyl (C=O) groups is 5. The molecule has 3 rings (SSSR count). The van der Waals surface area contributed by atoms with Gasteiger partial charge in [0, 0.05) is 31.6 Å². The summed E-state index contributed by atoms with van der Waals surface area (Å²) < 4.78 is 0. The Morgan fingerprint density at radius 2 is 1.67 bits per heavy atom. The normalized spacial score (nSPS) is 19.2. The molecule has 0 saturated carbocycles. The summed E-state index contributed by atoms with van der Waals surface area (Å²) in [5.41, 5.74) is 0.100. The molecule has 11 nitrogen and oxygen atoms in total. The Hall–Kier alpha value is -3.47. The summed E-state index contributed by atoms with van der Waals surface area (Å²) in [5, 5.41) is 26.7. The van der Waals surface area contributed by atoms with Gasteiger partial charge in [0.2, 0.25) is 11.8 Å². The molecule has 3 amide bonds. The fraction of sp³-hybridized carbons (Fsp3) is 0.560. The van der Waals surface area contributed by atoms with Gasteiger partial charge >= 0.3 is 11.9 Å². The summed E-state index contributed by atoms with van der Waals surface area (Å²) in [5.74, 6) is -3.33. The maximum atomic E-state index is 12.7. The zero-order valence-electron chi connectivity index (χ0n) is 20.2. The number of nitrogens with one attached hydrogen (secondary N) is 3. The van der Waals surface area contributed by atoms with Crippen LogP contribution in [-0.2, 0) is 14.4 Å². The van der Waals surface area contributed by atoms with Gasteiger partial charge in [0.15, 0.2) is 0 Å². The van der Waals surface area contributed by atoms with Crippen LogP contribution < -0.4 is 16.0 Å². The maximum absolute atomic E-state index is 12.7. The Labute approximate surface area is 209 Å². The van der Waals surface area contributed by atoms with Crippen molar-refractivity contribution in [3.05, 3.63) is 35.4 Å². The Morgan fingerprint density at radius 1 is 1.00 bits per heavy atom. The number of nitrogens with zero attached hydrogens (tertiary/aromatic N) is 1. The average Bonchev–Trinajstić information content (AvgIpc) is 2.89. The Bertz CT molecular complexity index is 960. The highest BCUT2D eigenvalue weighted by Crippen LogP contribution is 2.21. The minimum absolute atomic E-state index is 0.000100. The smallest absolute Gasteiger partial charge is 0.335 e. The Kier molecular flexibility index (Phi) is 9.80. The molecule has 2 aliphatic heterocycles. The molecule has 0 aliphatic carbocycles. The van der Waals surface area contributed by atoms with E-state index in [-0.39, 0.29) is 29.5 Å². The zero-order valence-corrected chi connectivity index (χ0v) is 20.2. The highest BCUT2D eigenvalue weighted by atomic mass is 16.4. The van der Waals surface area contributed by atoms with E-state index in [1.54, 1.807) is 4.90 Å². The number of carbonyl (C=O) groups excluding carboxylic acids is 3. The number of carboxylic acid groups (broad SMARTS) is 2. The minimum Gasteiger partial charge on any atom is -0.480 e. The highest BCUT2D eigenvalue weighted by Gasteiger charge is 2.30. The molecule has 1 aromatic rings. The van der Waals surface area contributed by atoms with E-state index in [0.717, 1.165) is 32.4 Å². The molecule has 2 atom stereocenters. The zero-order chi connectivity index (χ0) is 26.1. The molecular formula is C25H34N4O7. The highest BCUT2D eigenvalue weighted by molar-refractivity contribution is 5.98. The predicted octanol–water partition coefficient (Wildman–Crippen LogP) is 0.702. The van der Waals surface area contributed by atoms with E-state index in [0.29, 0.717) is 38.3 Å². The van der Waals surface area contributed by atoms with E-state index in [1.807, 2.05) is 0 Å². The molecule has 5 N–H and O–H groups in total. The van der Waals surface area contributed by atoms with Gasteiger partial charge in [0.1, 0.15) is 6.04 Å². The van der Waals surface area contributed by atoms with Crippen LogP contribution >= 0.6 is 0 Å². The van der Waals surface area contributed by atoms with Crippen molar-refractivity contribution in [2.45, 2.75) is 44.6 Å². The summed E-state index contributed by atoms with van der Waals surface area (Å²) in [4.78, 5) is 62.1. The first kappa shape index (κ1) is 27.1. The third-order valence-corrected chi connectivity index (χ3v) is 6.85. The molecule has 2 heterocycles. The second kappa shape index (κ2) is 13.0. The number of carboxylic acids is 2. The average molecular weight is 503 g/mol. The standard InChI is InChI=1S/C25H34N4O7/c30-21(8-3-16-9-11-26-12-10-16)29-13-1-2-19(15-29)22(31)27-14-20(25(35)36)28-23(32)17-4-6-18(7-5-17)24(33)34/h4-7,16,19-20,26H,1-3,8-15H2,(H,27,31)(H,28,32)(H,33,34)(H,35,36)/t19-,20-/m1/s1. The lowest BCUT2D eigenvalue weighted by molar-refractivity contribution is -0.139. The molecular weight excluding hydrogens is 468 g/mol. The van der Waals surface area contributed by atoms with Crippen molar-refractivity contribution in [2.24, 2.45) is 11.8 Å². The molecule has 2 fully saturated rings.